The number of hydrogen-bond acceptors (Lipinski definition) is 4. The van der Waals surface area contributed by atoms with Crippen LogP contribution >= 0.6 is 0 Å². The number of nitrogens with zero attached hydrogens (tertiary/aromatic N) is 1. The van der Waals surface area contributed by atoms with Gasteiger partial charge in [0, 0.05) is 37.0 Å². The molecule has 1 fully saturated rings. The minimum absolute atomic E-state index is 0.236. The highest BCUT2D eigenvalue weighted by atomic mass is 19.4. The Morgan fingerprint density at radius 1 is 1.28 bits per heavy atom. The van der Waals surface area contributed by atoms with Crippen LogP contribution in [0.5, 0.6) is 0 Å². The number of halogens is 3. The number of amides is 1. The number of alkyl halides is 3. The predicted molar refractivity (Wildman–Crippen MR) is 86.9 cm³/mol. The van der Waals surface area contributed by atoms with Gasteiger partial charge < -0.3 is 15.8 Å². The molecule has 0 spiro atoms. The van der Waals surface area contributed by atoms with Gasteiger partial charge in [0.15, 0.2) is 0 Å². The lowest BCUT2D eigenvalue weighted by Gasteiger charge is -2.34. The summed E-state index contributed by atoms with van der Waals surface area (Å²) in [4.78, 5) is 15.9. The predicted octanol–water partition coefficient (Wildman–Crippen LogP) is 2.95. The third-order valence-electron chi connectivity index (χ3n) is 4.66. The van der Waals surface area contributed by atoms with E-state index in [1.165, 1.54) is 12.3 Å². The fraction of sp³-hybridized carbons (Fsp3) is 0.412. The summed E-state index contributed by atoms with van der Waals surface area (Å²) in [5, 5.41) is 3.72. The van der Waals surface area contributed by atoms with Crippen molar-refractivity contribution < 1.29 is 22.7 Å². The summed E-state index contributed by atoms with van der Waals surface area (Å²) < 4.78 is 43.8. The molecule has 1 aliphatic rings. The lowest BCUT2D eigenvalue weighted by atomic mass is 9.79. The summed E-state index contributed by atoms with van der Waals surface area (Å²) in [5.74, 6) is -0.402. The van der Waals surface area contributed by atoms with E-state index in [-0.39, 0.29) is 5.52 Å². The highest BCUT2D eigenvalue weighted by Gasteiger charge is 2.38. The van der Waals surface area contributed by atoms with E-state index in [0.717, 1.165) is 12.1 Å². The van der Waals surface area contributed by atoms with Gasteiger partial charge in [0.05, 0.1) is 16.5 Å². The Morgan fingerprint density at radius 2 is 2.00 bits per heavy atom. The van der Waals surface area contributed by atoms with Crippen LogP contribution in [0.4, 0.5) is 18.9 Å². The number of rotatable bonds is 4. The second-order valence-corrected chi connectivity index (χ2v) is 6.20. The van der Waals surface area contributed by atoms with Crippen molar-refractivity contribution in [2.75, 3.05) is 25.1 Å². The first-order valence-electron chi connectivity index (χ1n) is 7.89. The summed E-state index contributed by atoms with van der Waals surface area (Å²) in [6, 6.07) is 5.09. The van der Waals surface area contributed by atoms with Gasteiger partial charge in [-0.1, -0.05) is 6.07 Å². The van der Waals surface area contributed by atoms with Crippen LogP contribution in [0.2, 0.25) is 0 Å². The van der Waals surface area contributed by atoms with Crippen molar-refractivity contribution in [3.8, 4) is 0 Å². The Morgan fingerprint density at radius 3 is 2.64 bits per heavy atom. The average molecular weight is 353 g/mol. The number of carbonyl (C=O) groups excluding carboxylic acids is 1. The smallest absolute Gasteiger partial charge is 0.383 e. The third-order valence-corrected chi connectivity index (χ3v) is 4.66. The minimum atomic E-state index is -4.42. The molecule has 8 heteroatoms. The van der Waals surface area contributed by atoms with Crippen LogP contribution in [-0.4, -0.2) is 30.6 Å². The molecule has 25 heavy (non-hydrogen) atoms. The van der Waals surface area contributed by atoms with Gasteiger partial charge in [-0.2, -0.15) is 13.2 Å². The van der Waals surface area contributed by atoms with E-state index < -0.39 is 23.1 Å². The van der Waals surface area contributed by atoms with Crippen molar-refractivity contribution in [1.82, 2.24) is 4.98 Å². The fourth-order valence-corrected chi connectivity index (χ4v) is 3.02. The van der Waals surface area contributed by atoms with E-state index in [1.54, 1.807) is 6.07 Å². The van der Waals surface area contributed by atoms with Crippen molar-refractivity contribution in [2.24, 2.45) is 11.1 Å². The van der Waals surface area contributed by atoms with E-state index >= 15 is 0 Å². The molecule has 0 atom stereocenters. The molecule has 134 valence electrons. The molecular weight excluding hydrogens is 335 g/mol. The molecule has 2 heterocycles. The van der Waals surface area contributed by atoms with Gasteiger partial charge in [0.2, 0.25) is 5.91 Å². The van der Waals surface area contributed by atoms with Crippen molar-refractivity contribution in [3.63, 3.8) is 0 Å². The molecule has 1 saturated heterocycles. The number of aromatic nitrogens is 1. The highest BCUT2D eigenvalue weighted by molar-refractivity contribution is 5.92. The molecule has 0 unspecified atom stereocenters. The van der Waals surface area contributed by atoms with Crippen LogP contribution in [0.3, 0.4) is 0 Å². The molecule has 1 aromatic carbocycles. The lowest BCUT2D eigenvalue weighted by molar-refractivity contribution is -0.137. The lowest BCUT2D eigenvalue weighted by Crippen LogP contribution is -2.46. The maximum atomic E-state index is 12.8. The normalized spacial score (nSPS) is 17.4. The second kappa shape index (κ2) is 6.51. The van der Waals surface area contributed by atoms with Crippen LogP contribution in [-0.2, 0) is 15.7 Å². The molecule has 2 aromatic rings. The molecule has 5 nitrogen and oxygen atoms in total. The molecule has 1 amide bonds. The summed E-state index contributed by atoms with van der Waals surface area (Å²) in [5.41, 5.74) is 4.96. The Kier molecular flexibility index (Phi) is 4.55. The number of pyridine rings is 1. The quantitative estimate of drug-likeness (QED) is 0.886. The first kappa shape index (κ1) is 17.5. The minimum Gasteiger partial charge on any atom is -0.383 e. The molecule has 0 bridgehead atoms. The van der Waals surface area contributed by atoms with Crippen molar-refractivity contribution in [1.29, 1.82) is 0 Å². The molecule has 0 aliphatic carbocycles. The number of anilines is 1. The summed E-state index contributed by atoms with van der Waals surface area (Å²) in [6.07, 6.45) is -1.96. The van der Waals surface area contributed by atoms with Crippen LogP contribution in [0, 0.1) is 5.41 Å². The zero-order chi connectivity index (χ0) is 18.1. The Bertz CT molecular complexity index is 786. The third kappa shape index (κ3) is 3.53. The number of hydrogen-bond donors (Lipinski definition) is 2. The SMILES string of the molecule is NC(=O)C1(CNc2ccnc3cc(C(F)(F)F)ccc23)CCOCC1. The van der Waals surface area contributed by atoms with Gasteiger partial charge in [0.1, 0.15) is 0 Å². The standard InChI is InChI=1S/C17H18F3N3O2/c18-17(19,20)11-1-2-12-13(3-6-22-14(12)9-11)23-10-16(15(21)24)4-7-25-8-5-16/h1-3,6,9H,4-5,7-8,10H2,(H2,21,24)(H,22,23). The summed E-state index contributed by atoms with van der Waals surface area (Å²) in [7, 11) is 0. The Hall–Kier alpha value is -2.35. The average Bonchev–Trinajstić information content (AvgIpc) is 2.59. The topological polar surface area (TPSA) is 77.2 Å². The number of ether oxygens (including phenoxy) is 1. The summed E-state index contributed by atoms with van der Waals surface area (Å²) in [6.45, 7) is 1.21. The monoisotopic (exact) mass is 353 g/mol. The zero-order valence-electron chi connectivity index (χ0n) is 13.4. The molecule has 1 aliphatic heterocycles. The van der Waals surface area contributed by atoms with Crippen LogP contribution in [0.15, 0.2) is 30.5 Å². The molecule has 3 N–H and O–H groups in total. The first-order valence-corrected chi connectivity index (χ1v) is 7.89. The van der Waals surface area contributed by atoms with Gasteiger partial charge in [0.25, 0.3) is 0 Å². The number of fused-ring (bicyclic) bond motifs is 1. The fourth-order valence-electron chi connectivity index (χ4n) is 3.02. The summed E-state index contributed by atoms with van der Waals surface area (Å²) >= 11 is 0. The molecule has 3 rings (SSSR count). The number of primary amides is 1. The van der Waals surface area contributed by atoms with Crippen molar-refractivity contribution >= 4 is 22.5 Å². The molecule has 0 radical (unpaired) electrons. The Balaban J connectivity index is 1.87. The van der Waals surface area contributed by atoms with Crippen molar-refractivity contribution in [2.45, 2.75) is 19.0 Å². The molecular formula is C17H18F3N3O2. The maximum absolute atomic E-state index is 12.8. The van der Waals surface area contributed by atoms with E-state index in [9.17, 15) is 18.0 Å². The van der Waals surface area contributed by atoms with Gasteiger partial charge in [-0.05, 0) is 31.0 Å². The number of nitrogens with one attached hydrogen (secondary N) is 1. The Labute approximate surface area is 142 Å². The molecule has 1 aromatic heterocycles. The van der Waals surface area contributed by atoms with Crippen molar-refractivity contribution in [3.05, 3.63) is 36.0 Å². The van der Waals surface area contributed by atoms with Crippen LogP contribution < -0.4 is 11.1 Å². The largest absolute Gasteiger partial charge is 0.416 e. The zero-order valence-corrected chi connectivity index (χ0v) is 13.4. The van der Waals surface area contributed by atoms with Crippen LogP contribution in [0.25, 0.3) is 10.9 Å². The number of carbonyl (C=O) groups is 1. The number of nitrogens with two attached hydrogens (primary N) is 1. The highest BCUT2D eigenvalue weighted by Crippen LogP contribution is 2.34. The van der Waals surface area contributed by atoms with Gasteiger partial charge in [-0.3, -0.25) is 9.78 Å². The van der Waals surface area contributed by atoms with E-state index in [0.29, 0.717) is 43.7 Å². The van der Waals surface area contributed by atoms with Gasteiger partial charge >= 0.3 is 6.18 Å². The first-order chi connectivity index (χ1) is 11.8. The maximum Gasteiger partial charge on any atom is 0.416 e. The molecule has 0 saturated carbocycles. The second-order valence-electron chi connectivity index (χ2n) is 6.20. The van der Waals surface area contributed by atoms with Gasteiger partial charge in [-0.15, -0.1) is 0 Å². The van der Waals surface area contributed by atoms with E-state index in [2.05, 4.69) is 10.3 Å². The van der Waals surface area contributed by atoms with Gasteiger partial charge in [-0.25, -0.2) is 0 Å². The van der Waals surface area contributed by atoms with Crippen LogP contribution in [0.1, 0.15) is 18.4 Å². The number of benzene rings is 1. The van der Waals surface area contributed by atoms with E-state index in [4.69, 9.17) is 10.5 Å². The van der Waals surface area contributed by atoms with E-state index in [1.807, 2.05) is 0 Å².